The maximum Gasteiger partial charge on any atom is 0.186 e. The summed E-state index contributed by atoms with van der Waals surface area (Å²) in [5, 5.41) is 10.0. The number of fused-ring (bicyclic) bond motifs is 1. The minimum atomic E-state index is 0.411. The van der Waals surface area contributed by atoms with Gasteiger partial charge in [-0.25, -0.2) is 4.98 Å². The molecule has 132 valence electrons. The van der Waals surface area contributed by atoms with Gasteiger partial charge in [0.25, 0.3) is 0 Å². The summed E-state index contributed by atoms with van der Waals surface area (Å²) in [5.41, 5.74) is 1.09. The molecular formula is C18H24N6S. The summed E-state index contributed by atoms with van der Waals surface area (Å²) in [4.78, 5) is 9.37. The largest absolute Gasteiger partial charge is 0.347 e. The number of anilines is 1. The highest BCUT2D eigenvalue weighted by Crippen LogP contribution is 2.33. The highest BCUT2D eigenvalue weighted by molar-refractivity contribution is 7.22. The third-order valence-corrected chi connectivity index (χ3v) is 5.89. The third kappa shape index (κ3) is 3.26. The molecule has 0 bridgehead atoms. The average Bonchev–Trinajstić information content (AvgIpc) is 3.19. The fraction of sp³-hybridized carbons (Fsp3) is 0.500. The van der Waals surface area contributed by atoms with Crippen molar-refractivity contribution < 1.29 is 0 Å². The lowest BCUT2D eigenvalue weighted by Gasteiger charge is -2.32. The Morgan fingerprint density at radius 3 is 2.88 bits per heavy atom. The van der Waals surface area contributed by atoms with Gasteiger partial charge in [0.05, 0.1) is 16.8 Å². The second-order valence-corrected chi connectivity index (χ2v) is 8.03. The van der Waals surface area contributed by atoms with Gasteiger partial charge >= 0.3 is 0 Å². The van der Waals surface area contributed by atoms with Gasteiger partial charge < -0.3 is 14.4 Å². The Labute approximate surface area is 152 Å². The lowest BCUT2D eigenvalue weighted by Crippen LogP contribution is -2.35. The normalized spacial score (nSPS) is 18.4. The van der Waals surface area contributed by atoms with E-state index in [0.29, 0.717) is 5.92 Å². The van der Waals surface area contributed by atoms with Crippen molar-refractivity contribution in [1.82, 2.24) is 24.6 Å². The van der Waals surface area contributed by atoms with Crippen LogP contribution in [0.1, 0.15) is 30.4 Å². The molecule has 1 fully saturated rings. The molecule has 1 atom stereocenters. The number of hydrogen-bond acceptors (Lipinski definition) is 6. The second-order valence-electron chi connectivity index (χ2n) is 7.02. The van der Waals surface area contributed by atoms with Crippen molar-refractivity contribution in [3.8, 4) is 0 Å². The van der Waals surface area contributed by atoms with E-state index in [2.05, 4.69) is 70.0 Å². The molecule has 25 heavy (non-hydrogen) atoms. The quantitative estimate of drug-likeness (QED) is 0.719. The van der Waals surface area contributed by atoms with Gasteiger partial charge in [0.15, 0.2) is 5.13 Å². The van der Waals surface area contributed by atoms with Crippen LogP contribution in [0.5, 0.6) is 0 Å². The molecule has 0 spiro atoms. The first-order valence-electron chi connectivity index (χ1n) is 8.75. The van der Waals surface area contributed by atoms with Crippen LogP contribution in [0.2, 0.25) is 0 Å². The summed E-state index contributed by atoms with van der Waals surface area (Å²) in [6.45, 7) is 2.85. The van der Waals surface area contributed by atoms with Gasteiger partial charge in [0.2, 0.25) is 0 Å². The Balaban J connectivity index is 1.56. The molecule has 1 saturated heterocycles. The fourth-order valence-electron chi connectivity index (χ4n) is 3.51. The van der Waals surface area contributed by atoms with Crippen molar-refractivity contribution in [2.24, 2.45) is 7.05 Å². The molecule has 4 rings (SSSR count). The Kier molecular flexibility index (Phi) is 4.43. The van der Waals surface area contributed by atoms with Crippen LogP contribution in [0.4, 0.5) is 5.13 Å². The van der Waals surface area contributed by atoms with Gasteiger partial charge in [0.1, 0.15) is 11.6 Å². The first kappa shape index (κ1) is 16.5. The number of thiazole rings is 1. The number of benzene rings is 1. The molecule has 0 amide bonds. The van der Waals surface area contributed by atoms with Crippen LogP contribution in [0.15, 0.2) is 24.3 Å². The van der Waals surface area contributed by atoms with Gasteiger partial charge in [-0.2, -0.15) is 0 Å². The molecule has 1 aliphatic rings. The van der Waals surface area contributed by atoms with Crippen molar-refractivity contribution in [1.29, 1.82) is 0 Å². The molecule has 0 saturated carbocycles. The van der Waals surface area contributed by atoms with E-state index in [1.807, 2.05) is 0 Å². The molecule has 2 aromatic heterocycles. The van der Waals surface area contributed by atoms with E-state index in [1.165, 1.54) is 4.70 Å². The predicted octanol–water partition coefficient (Wildman–Crippen LogP) is 2.87. The van der Waals surface area contributed by atoms with Gasteiger partial charge in [0, 0.05) is 26.1 Å². The van der Waals surface area contributed by atoms with Crippen molar-refractivity contribution in [2.45, 2.75) is 25.3 Å². The van der Waals surface area contributed by atoms with Gasteiger partial charge in [-0.05, 0) is 39.1 Å². The first-order chi connectivity index (χ1) is 12.1. The van der Waals surface area contributed by atoms with Crippen LogP contribution < -0.4 is 4.90 Å². The molecular weight excluding hydrogens is 332 g/mol. The van der Waals surface area contributed by atoms with Crippen molar-refractivity contribution >= 4 is 26.7 Å². The Morgan fingerprint density at radius 2 is 2.08 bits per heavy atom. The monoisotopic (exact) mass is 356 g/mol. The minimum absolute atomic E-state index is 0.411. The van der Waals surface area contributed by atoms with E-state index in [0.717, 1.165) is 54.8 Å². The van der Waals surface area contributed by atoms with Crippen molar-refractivity contribution in [2.75, 3.05) is 32.1 Å². The number of nitrogens with zero attached hydrogens (tertiary/aromatic N) is 6. The maximum absolute atomic E-state index is 4.83. The topological polar surface area (TPSA) is 50.1 Å². The summed E-state index contributed by atoms with van der Waals surface area (Å²) in [6.07, 6.45) is 2.33. The molecule has 6 nitrogen and oxygen atoms in total. The Hall–Kier alpha value is -1.99. The molecule has 0 aliphatic carbocycles. The first-order valence-corrected chi connectivity index (χ1v) is 9.57. The zero-order chi connectivity index (χ0) is 17.4. The summed E-state index contributed by atoms with van der Waals surface area (Å²) >= 11 is 1.78. The summed E-state index contributed by atoms with van der Waals surface area (Å²) < 4.78 is 3.43. The van der Waals surface area contributed by atoms with Crippen LogP contribution in [0.3, 0.4) is 0 Å². The standard InChI is InChI=1S/C18H24N6S/c1-22(2)12-16-20-21-17(23(16)3)13-7-6-10-24(11-13)18-19-14-8-4-5-9-15(14)25-18/h4-5,8-9,13H,6-7,10-12H2,1-3H3. The van der Waals surface area contributed by atoms with Crippen molar-refractivity contribution in [3.05, 3.63) is 35.9 Å². The second kappa shape index (κ2) is 6.72. The predicted molar refractivity (Wildman–Crippen MR) is 102 cm³/mol. The molecule has 1 aliphatic heterocycles. The highest BCUT2D eigenvalue weighted by atomic mass is 32.1. The van der Waals surface area contributed by atoms with E-state index >= 15 is 0 Å². The van der Waals surface area contributed by atoms with Crippen LogP contribution in [-0.2, 0) is 13.6 Å². The van der Waals surface area contributed by atoms with Crippen LogP contribution >= 0.6 is 11.3 Å². The van der Waals surface area contributed by atoms with E-state index in [-0.39, 0.29) is 0 Å². The maximum atomic E-state index is 4.83. The number of hydrogen-bond donors (Lipinski definition) is 0. The third-order valence-electron chi connectivity index (χ3n) is 4.80. The number of para-hydroxylation sites is 1. The molecule has 3 aromatic rings. The SMILES string of the molecule is CN(C)Cc1nnc(C2CCCN(c3nc4ccccc4s3)C2)n1C. The van der Waals surface area contributed by atoms with Gasteiger partial charge in [-0.3, -0.25) is 0 Å². The zero-order valence-corrected chi connectivity index (χ0v) is 15.8. The lowest BCUT2D eigenvalue weighted by atomic mass is 9.97. The zero-order valence-electron chi connectivity index (χ0n) is 15.0. The Bertz CT molecular complexity index is 834. The Morgan fingerprint density at radius 1 is 1.24 bits per heavy atom. The molecule has 3 heterocycles. The highest BCUT2D eigenvalue weighted by Gasteiger charge is 2.27. The van der Waals surface area contributed by atoms with E-state index in [4.69, 9.17) is 4.98 Å². The minimum Gasteiger partial charge on any atom is -0.347 e. The molecule has 7 heteroatoms. The van der Waals surface area contributed by atoms with E-state index in [1.54, 1.807) is 11.3 Å². The molecule has 1 unspecified atom stereocenters. The average molecular weight is 356 g/mol. The number of rotatable bonds is 4. The molecule has 1 aromatic carbocycles. The summed E-state index contributed by atoms with van der Waals surface area (Å²) in [6, 6.07) is 8.37. The van der Waals surface area contributed by atoms with E-state index < -0.39 is 0 Å². The fourth-order valence-corrected chi connectivity index (χ4v) is 4.51. The lowest BCUT2D eigenvalue weighted by molar-refractivity contribution is 0.382. The van der Waals surface area contributed by atoms with Gasteiger partial charge in [-0.15, -0.1) is 10.2 Å². The summed E-state index contributed by atoms with van der Waals surface area (Å²) in [5.74, 6) is 2.54. The summed E-state index contributed by atoms with van der Waals surface area (Å²) in [7, 11) is 6.21. The molecule has 0 N–H and O–H groups in total. The smallest absolute Gasteiger partial charge is 0.186 e. The van der Waals surface area contributed by atoms with Gasteiger partial charge in [-0.1, -0.05) is 23.5 Å². The van der Waals surface area contributed by atoms with Crippen LogP contribution in [0, 0.1) is 0 Å². The van der Waals surface area contributed by atoms with E-state index in [9.17, 15) is 0 Å². The number of aromatic nitrogens is 4. The van der Waals surface area contributed by atoms with Crippen molar-refractivity contribution in [3.63, 3.8) is 0 Å². The molecule has 0 radical (unpaired) electrons. The van der Waals surface area contributed by atoms with Crippen LogP contribution in [0.25, 0.3) is 10.2 Å². The number of piperidine rings is 1. The van der Waals surface area contributed by atoms with Crippen LogP contribution in [-0.4, -0.2) is 51.8 Å².